The first-order valence-electron chi connectivity index (χ1n) is 6.83. The maximum Gasteiger partial charge on any atom is 0.233 e. The molecule has 1 atom stereocenters. The number of carbonyl (C=O) groups is 1. The van der Waals surface area contributed by atoms with E-state index in [2.05, 4.69) is 5.32 Å². The Balaban J connectivity index is 1.76. The molecule has 0 fully saturated rings. The Hall–Kier alpha value is -1.45. The van der Waals surface area contributed by atoms with Crippen molar-refractivity contribution in [2.24, 2.45) is 0 Å². The van der Waals surface area contributed by atoms with Gasteiger partial charge in [0.05, 0.1) is 5.25 Å². The lowest BCUT2D eigenvalue weighted by atomic mass is 10.2. The number of halogens is 1. The number of thioether (sulfide) groups is 1. The maximum atomic E-state index is 12.0. The van der Waals surface area contributed by atoms with E-state index in [0.29, 0.717) is 6.54 Å². The molecule has 0 saturated carbocycles. The van der Waals surface area contributed by atoms with Crippen molar-refractivity contribution in [1.82, 2.24) is 5.32 Å². The third-order valence-corrected chi connectivity index (χ3v) is 4.56. The molecule has 0 saturated heterocycles. The van der Waals surface area contributed by atoms with E-state index in [0.717, 1.165) is 16.3 Å². The lowest BCUT2D eigenvalue weighted by Crippen LogP contribution is -2.30. The molecule has 0 bridgehead atoms. The summed E-state index contributed by atoms with van der Waals surface area (Å²) >= 11 is 7.48. The first-order chi connectivity index (χ1) is 10.1. The third kappa shape index (κ3) is 5.44. The zero-order chi connectivity index (χ0) is 15.1. The van der Waals surface area contributed by atoms with Crippen molar-refractivity contribution < 1.29 is 4.79 Å². The van der Waals surface area contributed by atoms with Crippen molar-refractivity contribution in [3.8, 4) is 0 Å². The summed E-state index contributed by atoms with van der Waals surface area (Å²) in [6, 6.07) is 17.6. The molecule has 0 aliphatic rings. The fraction of sp³-hybridized carbons (Fsp3) is 0.235. The van der Waals surface area contributed by atoms with Crippen LogP contribution in [0.15, 0.2) is 54.6 Å². The van der Waals surface area contributed by atoms with Crippen LogP contribution in [-0.4, -0.2) is 11.2 Å². The molecule has 2 nitrogen and oxygen atoms in total. The molecule has 0 aliphatic carbocycles. The van der Waals surface area contributed by atoms with Gasteiger partial charge in [0, 0.05) is 17.3 Å². The molecule has 21 heavy (non-hydrogen) atoms. The van der Waals surface area contributed by atoms with Gasteiger partial charge in [-0.1, -0.05) is 54.1 Å². The summed E-state index contributed by atoms with van der Waals surface area (Å²) in [6.07, 6.45) is 0. The molecule has 0 heterocycles. The molecular formula is C17H18ClNOS. The molecule has 2 aromatic carbocycles. The second-order valence-corrected chi connectivity index (χ2v) is 6.55. The number of hydrogen-bond acceptors (Lipinski definition) is 2. The first kappa shape index (κ1) is 15.9. The van der Waals surface area contributed by atoms with E-state index in [1.165, 1.54) is 5.56 Å². The molecule has 4 heteroatoms. The highest BCUT2D eigenvalue weighted by molar-refractivity contribution is 7.99. The van der Waals surface area contributed by atoms with E-state index >= 15 is 0 Å². The average Bonchev–Trinajstić information content (AvgIpc) is 2.52. The Morgan fingerprint density at radius 3 is 2.43 bits per heavy atom. The van der Waals surface area contributed by atoms with E-state index in [1.54, 1.807) is 11.8 Å². The molecule has 1 amide bonds. The average molecular weight is 320 g/mol. The lowest BCUT2D eigenvalue weighted by molar-refractivity contribution is -0.120. The van der Waals surface area contributed by atoms with Crippen LogP contribution in [0.5, 0.6) is 0 Å². The molecule has 0 spiro atoms. The molecule has 1 N–H and O–H groups in total. The molecule has 0 unspecified atom stereocenters. The van der Waals surface area contributed by atoms with Crippen molar-refractivity contribution >= 4 is 29.3 Å². The van der Waals surface area contributed by atoms with Crippen LogP contribution >= 0.6 is 23.4 Å². The smallest absolute Gasteiger partial charge is 0.233 e. The standard InChI is InChI=1S/C17H18ClNOS/c1-13(21-12-15-7-9-16(18)10-8-15)17(20)19-11-14-5-3-2-4-6-14/h2-10,13H,11-12H2,1H3,(H,19,20)/t13-/m0/s1. The first-order valence-corrected chi connectivity index (χ1v) is 8.25. The van der Waals surface area contributed by atoms with Gasteiger partial charge in [0.15, 0.2) is 0 Å². The van der Waals surface area contributed by atoms with Gasteiger partial charge in [-0.25, -0.2) is 0 Å². The summed E-state index contributed by atoms with van der Waals surface area (Å²) in [6.45, 7) is 2.51. The van der Waals surface area contributed by atoms with E-state index in [4.69, 9.17) is 11.6 Å². The minimum absolute atomic E-state index is 0.0674. The topological polar surface area (TPSA) is 29.1 Å². The Kier molecular flexibility index (Phi) is 6.15. The van der Waals surface area contributed by atoms with Gasteiger partial charge in [0.1, 0.15) is 0 Å². The Morgan fingerprint density at radius 1 is 1.10 bits per heavy atom. The van der Waals surface area contributed by atoms with Crippen molar-refractivity contribution in [3.63, 3.8) is 0 Å². The maximum absolute atomic E-state index is 12.0. The van der Waals surface area contributed by atoms with Crippen LogP contribution in [0.3, 0.4) is 0 Å². The fourth-order valence-electron chi connectivity index (χ4n) is 1.81. The van der Waals surface area contributed by atoms with E-state index in [9.17, 15) is 4.79 Å². The van der Waals surface area contributed by atoms with Crippen LogP contribution in [0.2, 0.25) is 5.02 Å². The molecule has 2 rings (SSSR count). The number of carbonyl (C=O) groups excluding carboxylic acids is 1. The molecule has 2 aromatic rings. The molecule has 0 radical (unpaired) electrons. The van der Waals surface area contributed by atoms with Crippen LogP contribution in [0.4, 0.5) is 0 Å². The van der Waals surface area contributed by atoms with Gasteiger partial charge in [-0.05, 0) is 30.2 Å². The van der Waals surface area contributed by atoms with Crippen LogP contribution < -0.4 is 5.32 Å². The fourth-order valence-corrected chi connectivity index (χ4v) is 2.80. The van der Waals surface area contributed by atoms with E-state index in [1.807, 2.05) is 61.5 Å². The largest absolute Gasteiger partial charge is 0.351 e. The number of nitrogens with one attached hydrogen (secondary N) is 1. The Labute approximate surface area is 134 Å². The van der Waals surface area contributed by atoms with Crippen molar-refractivity contribution in [3.05, 3.63) is 70.7 Å². The number of amides is 1. The van der Waals surface area contributed by atoms with Gasteiger partial charge in [0.2, 0.25) is 5.91 Å². The second kappa shape index (κ2) is 8.11. The normalized spacial score (nSPS) is 11.9. The van der Waals surface area contributed by atoms with E-state index in [-0.39, 0.29) is 11.2 Å². The summed E-state index contributed by atoms with van der Waals surface area (Å²) < 4.78 is 0. The molecular weight excluding hydrogens is 302 g/mol. The summed E-state index contributed by atoms with van der Waals surface area (Å²) in [5, 5.41) is 3.62. The zero-order valence-corrected chi connectivity index (χ0v) is 13.5. The van der Waals surface area contributed by atoms with Crippen molar-refractivity contribution in [2.75, 3.05) is 0 Å². The number of benzene rings is 2. The Morgan fingerprint density at radius 2 is 1.76 bits per heavy atom. The SMILES string of the molecule is C[C@H](SCc1ccc(Cl)cc1)C(=O)NCc1ccccc1. The quantitative estimate of drug-likeness (QED) is 0.861. The minimum Gasteiger partial charge on any atom is -0.351 e. The molecule has 110 valence electrons. The van der Waals surface area contributed by atoms with Crippen LogP contribution in [0.25, 0.3) is 0 Å². The lowest BCUT2D eigenvalue weighted by Gasteiger charge is -2.12. The predicted molar refractivity (Wildman–Crippen MR) is 90.5 cm³/mol. The Bertz CT molecular complexity index is 571. The second-order valence-electron chi connectivity index (χ2n) is 4.78. The summed E-state index contributed by atoms with van der Waals surface area (Å²) in [5.41, 5.74) is 2.29. The highest BCUT2D eigenvalue weighted by Gasteiger charge is 2.12. The van der Waals surface area contributed by atoms with Gasteiger partial charge >= 0.3 is 0 Å². The van der Waals surface area contributed by atoms with Gasteiger partial charge in [-0.15, -0.1) is 11.8 Å². The highest BCUT2D eigenvalue weighted by atomic mass is 35.5. The minimum atomic E-state index is -0.0793. The molecule has 0 aromatic heterocycles. The number of rotatable bonds is 6. The predicted octanol–water partition coefficient (Wildman–Crippen LogP) is 4.28. The van der Waals surface area contributed by atoms with Crippen LogP contribution in [-0.2, 0) is 17.1 Å². The molecule has 0 aliphatic heterocycles. The van der Waals surface area contributed by atoms with Gasteiger partial charge in [-0.3, -0.25) is 4.79 Å². The summed E-state index contributed by atoms with van der Waals surface area (Å²) in [5.74, 6) is 0.870. The zero-order valence-electron chi connectivity index (χ0n) is 11.9. The van der Waals surface area contributed by atoms with Crippen molar-refractivity contribution in [2.45, 2.75) is 24.5 Å². The van der Waals surface area contributed by atoms with Gasteiger partial charge in [-0.2, -0.15) is 0 Å². The van der Waals surface area contributed by atoms with Gasteiger partial charge in [0.25, 0.3) is 0 Å². The highest BCUT2D eigenvalue weighted by Crippen LogP contribution is 2.19. The van der Waals surface area contributed by atoms with Crippen LogP contribution in [0, 0.1) is 0 Å². The number of hydrogen-bond donors (Lipinski definition) is 1. The van der Waals surface area contributed by atoms with Crippen molar-refractivity contribution in [1.29, 1.82) is 0 Å². The van der Waals surface area contributed by atoms with Crippen LogP contribution in [0.1, 0.15) is 18.1 Å². The summed E-state index contributed by atoms with van der Waals surface area (Å²) in [4.78, 5) is 12.0. The monoisotopic (exact) mass is 319 g/mol. The summed E-state index contributed by atoms with van der Waals surface area (Å²) in [7, 11) is 0. The van der Waals surface area contributed by atoms with Gasteiger partial charge < -0.3 is 5.32 Å². The third-order valence-electron chi connectivity index (χ3n) is 3.09. The van der Waals surface area contributed by atoms with E-state index < -0.39 is 0 Å².